The molecule has 1 N–H and O–H groups in total. The molecule has 3 rings (SSSR count). The van der Waals surface area contributed by atoms with Crippen LogP contribution in [0.4, 0.5) is 5.69 Å². The van der Waals surface area contributed by atoms with Crippen molar-refractivity contribution in [3.63, 3.8) is 0 Å². The zero-order chi connectivity index (χ0) is 11.8. The summed E-state index contributed by atoms with van der Waals surface area (Å²) in [4.78, 5) is 14.2. The van der Waals surface area contributed by atoms with E-state index in [-0.39, 0.29) is 0 Å². The number of benzene rings is 1. The van der Waals surface area contributed by atoms with Crippen LogP contribution in [0.15, 0.2) is 24.3 Å². The van der Waals surface area contributed by atoms with Crippen LogP contribution in [0.2, 0.25) is 0 Å². The van der Waals surface area contributed by atoms with E-state index in [1.165, 1.54) is 5.56 Å². The molecule has 1 amide bonds. The molecule has 0 spiro atoms. The zero-order valence-corrected chi connectivity index (χ0v) is 10.1. The van der Waals surface area contributed by atoms with Crippen molar-refractivity contribution >= 4 is 11.6 Å². The first-order valence-electron chi connectivity index (χ1n) is 6.39. The molecule has 1 saturated carbocycles. The van der Waals surface area contributed by atoms with Gasteiger partial charge in [0.25, 0.3) is 0 Å². The lowest BCUT2D eigenvalue weighted by atomic mass is 9.96. The van der Waals surface area contributed by atoms with Crippen molar-refractivity contribution in [3.05, 3.63) is 29.8 Å². The Morgan fingerprint density at radius 1 is 1.29 bits per heavy atom. The van der Waals surface area contributed by atoms with Crippen molar-refractivity contribution in [3.8, 4) is 0 Å². The van der Waals surface area contributed by atoms with Crippen LogP contribution in [0.5, 0.6) is 0 Å². The maximum absolute atomic E-state index is 12.2. The largest absolute Gasteiger partial charge is 0.313 e. The smallest absolute Gasteiger partial charge is 0.230 e. The predicted octanol–water partition coefficient (Wildman–Crippen LogP) is 2.09. The molecule has 1 aliphatic carbocycles. The van der Waals surface area contributed by atoms with E-state index in [1.54, 1.807) is 0 Å². The van der Waals surface area contributed by atoms with E-state index in [0.717, 1.165) is 31.5 Å². The first kappa shape index (κ1) is 10.8. The van der Waals surface area contributed by atoms with Crippen molar-refractivity contribution in [1.82, 2.24) is 5.32 Å². The normalized spacial score (nSPS) is 23.4. The Labute approximate surface area is 102 Å². The maximum Gasteiger partial charge on any atom is 0.230 e. The summed E-state index contributed by atoms with van der Waals surface area (Å²) in [6.45, 7) is 0.845. The van der Waals surface area contributed by atoms with E-state index in [2.05, 4.69) is 17.4 Å². The molecule has 3 nitrogen and oxygen atoms in total. The van der Waals surface area contributed by atoms with Gasteiger partial charge in [0.15, 0.2) is 0 Å². The van der Waals surface area contributed by atoms with Crippen LogP contribution < -0.4 is 10.2 Å². The van der Waals surface area contributed by atoms with Gasteiger partial charge in [0, 0.05) is 24.2 Å². The third-order valence-electron chi connectivity index (χ3n) is 3.79. The summed E-state index contributed by atoms with van der Waals surface area (Å²) >= 11 is 0. The van der Waals surface area contributed by atoms with Crippen molar-refractivity contribution in [2.24, 2.45) is 5.92 Å². The molecule has 1 unspecified atom stereocenters. The topological polar surface area (TPSA) is 32.3 Å². The van der Waals surface area contributed by atoms with Crippen molar-refractivity contribution in [2.75, 3.05) is 18.5 Å². The summed E-state index contributed by atoms with van der Waals surface area (Å²) in [6.07, 6.45) is 3.16. The van der Waals surface area contributed by atoms with Gasteiger partial charge in [0.05, 0.1) is 0 Å². The monoisotopic (exact) mass is 230 g/mol. The van der Waals surface area contributed by atoms with E-state index in [0.29, 0.717) is 17.9 Å². The van der Waals surface area contributed by atoms with Crippen LogP contribution in [0.1, 0.15) is 30.9 Å². The quantitative estimate of drug-likeness (QED) is 0.843. The number of nitrogens with one attached hydrogen (secondary N) is 1. The fraction of sp³-hybridized carbons (Fsp3) is 0.500. The van der Waals surface area contributed by atoms with Gasteiger partial charge in [-0.1, -0.05) is 18.2 Å². The average Bonchev–Trinajstić information content (AvgIpc) is 3.21. The van der Waals surface area contributed by atoms with Gasteiger partial charge >= 0.3 is 0 Å². The number of amides is 1. The number of anilines is 1. The third kappa shape index (κ3) is 1.84. The fourth-order valence-electron chi connectivity index (χ4n) is 2.64. The zero-order valence-electron chi connectivity index (χ0n) is 10.1. The van der Waals surface area contributed by atoms with E-state index in [9.17, 15) is 4.79 Å². The number of nitrogens with zero attached hydrogens (tertiary/aromatic N) is 1. The first-order chi connectivity index (χ1) is 8.31. The molecule has 1 aliphatic heterocycles. The molecule has 0 saturated heterocycles. The lowest BCUT2D eigenvalue weighted by molar-refractivity contribution is -0.119. The van der Waals surface area contributed by atoms with Gasteiger partial charge in [0.1, 0.15) is 0 Å². The summed E-state index contributed by atoms with van der Waals surface area (Å²) in [5, 5.41) is 3.33. The summed E-state index contributed by atoms with van der Waals surface area (Å²) < 4.78 is 0. The number of carbonyl (C=O) groups excluding carboxylic acids is 1. The number of para-hydroxylation sites is 1. The Hall–Kier alpha value is -1.35. The first-order valence-corrected chi connectivity index (χ1v) is 6.39. The van der Waals surface area contributed by atoms with Gasteiger partial charge in [-0.2, -0.15) is 0 Å². The molecule has 0 aromatic heterocycles. The minimum atomic E-state index is 0.300. The predicted molar refractivity (Wildman–Crippen MR) is 67.9 cm³/mol. The minimum absolute atomic E-state index is 0.300. The molecule has 2 aliphatic rings. The van der Waals surface area contributed by atoms with E-state index >= 15 is 0 Å². The van der Waals surface area contributed by atoms with Gasteiger partial charge in [-0.15, -0.1) is 0 Å². The van der Waals surface area contributed by atoms with Crippen molar-refractivity contribution < 1.29 is 4.79 Å². The van der Waals surface area contributed by atoms with Crippen LogP contribution >= 0.6 is 0 Å². The SMILES string of the molecule is CNC1CCN(C(=O)C2CC2)c2ccccc21. The van der Waals surface area contributed by atoms with Crippen molar-refractivity contribution in [2.45, 2.75) is 25.3 Å². The standard InChI is InChI=1S/C14H18N2O/c1-15-12-8-9-16(14(17)10-6-7-10)13-5-3-2-4-11(12)13/h2-5,10,12,15H,6-9H2,1H3. The molecular formula is C14H18N2O. The molecule has 0 bridgehead atoms. The molecule has 17 heavy (non-hydrogen) atoms. The van der Waals surface area contributed by atoms with Crippen LogP contribution in [-0.2, 0) is 4.79 Å². The Morgan fingerprint density at radius 2 is 2.06 bits per heavy atom. The third-order valence-corrected chi connectivity index (χ3v) is 3.79. The van der Waals surface area contributed by atoms with Gasteiger partial charge in [-0.3, -0.25) is 4.79 Å². The van der Waals surface area contributed by atoms with Crippen LogP contribution in [0, 0.1) is 5.92 Å². The summed E-state index contributed by atoms with van der Waals surface area (Å²) in [5.41, 5.74) is 2.37. The lowest BCUT2D eigenvalue weighted by Crippen LogP contribution is -2.39. The molecule has 3 heteroatoms. The Balaban J connectivity index is 1.95. The highest BCUT2D eigenvalue weighted by Crippen LogP contribution is 2.38. The van der Waals surface area contributed by atoms with Crippen molar-refractivity contribution in [1.29, 1.82) is 0 Å². The summed E-state index contributed by atoms with van der Waals surface area (Å²) in [7, 11) is 1.99. The van der Waals surface area contributed by atoms with E-state index < -0.39 is 0 Å². The van der Waals surface area contributed by atoms with E-state index in [1.807, 2.05) is 24.1 Å². The number of hydrogen-bond acceptors (Lipinski definition) is 2. The number of fused-ring (bicyclic) bond motifs is 1. The van der Waals surface area contributed by atoms with Crippen LogP contribution in [0.25, 0.3) is 0 Å². The second-order valence-electron chi connectivity index (χ2n) is 4.95. The molecule has 1 fully saturated rings. The molecule has 1 heterocycles. The Morgan fingerprint density at radius 3 is 2.76 bits per heavy atom. The minimum Gasteiger partial charge on any atom is -0.313 e. The average molecular weight is 230 g/mol. The highest BCUT2D eigenvalue weighted by atomic mass is 16.2. The summed E-state index contributed by atoms with van der Waals surface area (Å²) in [6, 6.07) is 8.65. The maximum atomic E-state index is 12.2. The Kier molecular flexibility index (Phi) is 2.63. The van der Waals surface area contributed by atoms with E-state index in [4.69, 9.17) is 0 Å². The van der Waals surface area contributed by atoms with Gasteiger partial charge < -0.3 is 10.2 Å². The molecule has 1 aromatic carbocycles. The molecular weight excluding hydrogens is 212 g/mol. The summed E-state index contributed by atoms with van der Waals surface area (Å²) in [5.74, 6) is 0.626. The van der Waals surface area contributed by atoms with Gasteiger partial charge in [-0.25, -0.2) is 0 Å². The Bertz CT molecular complexity index is 440. The number of carbonyl (C=O) groups is 1. The van der Waals surface area contributed by atoms with Gasteiger partial charge in [0.2, 0.25) is 5.91 Å². The molecule has 1 aromatic rings. The molecule has 1 atom stereocenters. The van der Waals surface area contributed by atoms with Crippen LogP contribution in [0.3, 0.4) is 0 Å². The molecule has 90 valence electrons. The number of hydrogen-bond donors (Lipinski definition) is 1. The highest BCUT2D eigenvalue weighted by molar-refractivity contribution is 5.97. The fourth-order valence-corrected chi connectivity index (χ4v) is 2.64. The van der Waals surface area contributed by atoms with Crippen LogP contribution in [-0.4, -0.2) is 19.5 Å². The van der Waals surface area contributed by atoms with Gasteiger partial charge in [-0.05, 0) is 37.9 Å². The molecule has 0 radical (unpaired) electrons. The second-order valence-corrected chi connectivity index (χ2v) is 4.95. The lowest BCUT2D eigenvalue weighted by Gasteiger charge is -2.34. The number of rotatable bonds is 2. The highest BCUT2D eigenvalue weighted by Gasteiger charge is 2.36. The second kappa shape index (κ2) is 4.15.